The maximum Gasteiger partial charge on any atom is 1.00 e. The van der Waals surface area contributed by atoms with Crippen molar-refractivity contribution in [2.75, 3.05) is 44.2 Å². The Labute approximate surface area is 321 Å². The molecule has 1 aliphatic heterocycles. The zero-order valence-corrected chi connectivity index (χ0v) is 30.5. The fraction of sp³-hybridized carbons (Fsp3) is 0.303. The van der Waals surface area contributed by atoms with E-state index in [9.17, 15) is 14.4 Å². The number of piperazine rings is 1. The molecule has 2 aromatic heterocycles. The van der Waals surface area contributed by atoms with Crippen LogP contribution in [0.1, 0.15) is 34.6 Å². The first-order valence-electron chi connectivity index (χ1n) is 14.8. The normalized spacial score (nSPS) is 13.1. The Balaban J connectivity index is 0.00000500. The summed E-state index contributed by atoms with van der Waals surface area (Å²) < 4.78 is 11.7. The number of anilines is 1. The van der Waals surface area contributed by atoms with Crippen LogP contribution in [0.15, 0.2) is 73.2 Å². The van der Waals surface area contributed by atoms with Crippen molar-refractivity contribution < 1.29 is 75.2 Å². The summed E-state index contributed by atoms with van der Waals surface area (Å²) in [6.45, 7) is 8.01. The molecular formula is C33H34ClKN7O5-. The Morgan fingerprint density at radius 1 is 1.00 bits per heavy atom. The van der Waals surface area contributed by atoms with Gasteiger partial charge < -0.3 is 34.0 Å². The molecule has 0 radical (unpaired) electrons. The van der Waals surface area contributed by atoms with E-state index in [1.54, 1.807) is 72.2 Å². The van der Waals surface area contributed by atoms with Crippen LogP contribution >= 0.6 is 11.6 Å². The van der Waals surface area contributed by atoms with E-state index >= 15 is 0 Å². The quantitative estimate of drug-likeness (QED) is 0.115. The number of hydrogen-bond acceptors (Lipinski definition) is 9. The van der Waals surface area contributed by atoms with Gasteiger partial charge in [0, 0.05) is 42.5 Å². The van der Waals surface area contributed by atoms with Gasteiger partial charge >= 0.3 is 51.4 Å². The molecule has 0 bridgehead atoms. The number of rotatable bonds is 13. The van der Waals surface area contributed by atoms with E-state index in [-0.39, 0.29) is 93.8 Å². The van der Waals surface area contributed by atoms with Gasteiger partial charge in [-0.2, -0.15) is 15.0 Å². The van der Waals surface area contributed by atoms with Crippen molar-refractivity contribution in [3.05, 3.63) is 102 Å². The molecule has 0 aliphatic carbocycles. The van der Waals surface area contributed by atoms with Crippen LogP contribution in [-0.2, 0) is 11.3 Å². The van der Waals surface area contributed by atoms with E-state index in [1.165, 1.54) is 22.1 Å². The van der Waals surface area contributed by atoms with Gasteiger partial charge in [0.1, 0.15) is 24.0 Å². The molecule has 1 aliphatic rings. The minimum Gasteiger partial charge on any atom is -0.497 e. The van der Waals surface area contributed by atoms with E-state index in [4.69, 9.17) is 21.1 Å². The van der Waals surface area contributed by atoms with Crippen LogP contribution in [-0.4, -0.2) is 92.8 Å². The van der Waals surface area contributed by atoms with Crippen molar-refractivity contribution in [3.8, 4) is 11.5 Å². The van der Waals surface area contributed by atoms with Crippen LogP contribution in [0.25, 0.3) is 0 Å². The minimum absolute atomic E-state index is 0. The fourth-order valence-electron chi connectivity index (χ4n) is 4.79. The third-order valence-corrected chi connectivity index (χ3v) is 7.39. The number of carbonyl (C=O) groups excluding carboxylic acids is 3. The molecule has 0 unspecified atom stereocenters. The Hall–Kier alpha value is -3.17. The Morgan fingerprint density at radius 3 is 2.38 bits per heavy atom. The van der Waals surface area contributed by atoms with Gasteiger partial charge in [0.05, 0.1) is 18.5 Å². The molecule has 5 rings (SSSR count). The van der Waals surface area contributed by atoms with Crippen molar-refractivity contribution in [1.82, 2.24) is 29.8 Å². The van der Waals surface area contributed by atoms with E-state index in [0.717, 1.165) is 0 Å². The molecule has 1 fully saturated rings. The first kappa shape index (κ1) is 36.7. The zero-order chi connectivity index (χ0) is 32.5. The van der Waals surface area contributed by atoms with Crippen molar-refractivity contribution in [2.45, 2.75) is 26.5 Å². The summed E-state index contributed by atoms with van der Waals surface area (Å²) in [5.41, 5.74) is 1.03. The average molecular weight is 683 g/mol. The van der Waals surface area contributed by atoms with Crippen LogP contribution in [0.3, 0.4) is 0 Å². The summed E-state index contributed by atoms with van der Waals surface area (Å²) in [5, 5.41) is 8.65. The maximum atomic E-state index is 13.9. The number of amides is 2. The van der Waals surface area contributed by atoms with E-state index in [0.29, 0.717) is 60.5 Å². The Kier molecular flexibility index (Phi) is 13.9. The molecule has 1 saturated heterocycles. The van der Waals surface area contributed by atoms with Gasteiger partial charge in [0.15, 0.2) is 12.4 Å². The van der Waals surface area contributed by atoms with E-state index in [2.05, 4.69) is 26.3 Å². The van der Waals surface area contributed by atoms with Gasteiger partial charge in [-0.3, -0.25) is 9.59 Å². The van der Waals surface area contributed by atoms with Gasteiger partial charge in [-0.1, -0.05) is 23.4 Å². The van der Waals surface area contributed by atoms with Crippen molar-refractivity contribution in [2.24, 2.45) is 0 Å². The summed E-state index contributed by atoms with van der Waals surface area (Å²) in [6, 6.07) is 15.2. The van der Waals surface area contributed by atoms with Crippen LogP contribution in [0, 0.1) is 12.7 Å². The minimum atomic E-state index is -0.381. The van der Waals surface area contributed by atoms with Crippen molar-refractivity contribution in [1.29, 1.82) is 0 Å². The monoisotopic (exact) mass is 682 g/mol. The molecule has 0 spiro atoms. The van der Waals surface area contributed by atoms with Gasteiger partial charge in [-0.25, -0.2) is 6.54 Å². The molecule has 240 valence electrons. The molecule has 2 amide bonds. The van der Waals surface area contributed by atoms with Crippen LogP contribution < -0.4 is 65.8 Å². The smallest absolute Gasteiger partial charge is 0.497 e. The van der Waals surface area contributed by atoms with Gasteiger partial charge in [-0.15, -0.1) is 18.7 Å². The number of hydrogen-bond donors (Lipinski definition) is 0. The van der Waals surface area contributed by atoms with E-state index in [1.807, 2.05) is 13.8 Å². The van der Waals surface area contributed by atoms with Crippen LogP contribution in [0.4, 0.5) is 5.69 Å². The average Bonchev–Trinajstić information content (AvgIpc) is 3.58. The number of nitrogens with zero attached hydrogens (tertiary/aromatic N) is 7. The molecule has 14 heteroatoms. The van der Waals surface area contributed by atoms with Crippen molar-refractivity contribution >= 4 is 34.9 Å². The predicted molar refractivity (Wildman–Crippen MR) is 171 cm³/mol. The van der Waals surface area contributed by atoms with Gasteiger partial charge in [0.25, 0.3) is 5.91 Å². The third-order valence-electron chi connectivity index (χ3n) is 7.14. The standard InChI is InChI=1S/C33H34ClN7O5.K/c1-24(2)46-31-10-5-25(30(42)22-41-36-12-13-37-41)20-29(31)40(33(44)26-4-3-11-35-21-26)19-16-38-14-17-39(18-15-38)32(43)23-45-28-8-6-27(34)7-9-28;/h3-13,19-20,24H,14-18,22-23H2,1-2H3;/q-2;+1. The molecule has 4 aromatic rings. The Morgan fingerprint density at radius 2 is 1.72 bits per heavy atom. The number of aromatic nitrogens is 4. The van der Waals surface area contributed by atoms with Crippen LogP contribution in [0.2, 0.25) is 5.02 Å². The van der Waals surface area contributed by atoms with Crippen molar-refractivity contribution in [3.63, 3.8) is 0 Å². The first-order valence-corrected chi connectivity index (χ1v) is 15.2. The molecule has 0 N–H and O–H groups in total. The largest absolute Gasteiger partial charge is 1.00 e. The second kappa shape index (κ2) is 17.8. The molecule has 3 heterocycles. The number of pyridine rings is 1. The summed E-state index contributed by atoms with van der Waals surface area (Å²) >= 11 is 5.92. The molecule has 12 nitrogen and oxygen atoms in total. The third kappa shape index (κ3) is 10.4. The summed E-state index contributed by atoms with van der Waals surface area (Å²) in [7, 11) is 0. The molecular weight excluding hydrogens is 649 g/mol. The molecule has 0 saturated carbocycles. The van der Waals surface area contributed by atoms with E-state index < -0.39 is 0 Å². The maximum absolute atomic E-state index is 13.9. The number of halogens is 1. The number of carbonyl (C=O) groups is 3. The molecule has 2 aromatic carbocycles. The number of ketones is 1. The number of Topliss-reactive ketones (excluding diaryl/α,β-unsaturated/α-hetero) is 1. The molecule has 47 heavy (non-hydrogen) atoms. The predicted octanol–water partition coefficient (Wildman–Crippen LogP) is 0.833. The topological polar surface area (TPSA) is 123 Å². The summed E-state index contributed by atoms with van der Waals surface area (Å²) in [6.07, 6.45) is 7.12. The summed E-state index contributed by atoms with van der Waals surface area (Å²) in [4.78, 5) is 50.5. The number of benzene rings is 2. The SMILES string of the molecule is CC(C)Oc1ccc(C(=O)Cn2nccn2)cc1N([CH-]CN1CCN(C(=O)COc2ccc(Cl)cc2)CC1)C(=O)c1[c-]nccc1.[K+]. The summed E-state index contributed by atoms with van der Waals surface area (Å²) in [5.74, 6) is 0.298. The zero-order valence-electron chi connectivity index (χ0n) is 26.6. The van der Waals surface area contributed by atoms with Gasteiger partial charge in [0.2, 0.25) is 0 Å². The Bertz CT molecular complexity index is 1620. The second-order valence-electron chi connectivity index (χ2n) is 10.8. The van der Waals surface area contributed by atoms with Crippen LogP contribution in [0.5, 0.6) is 11.5 Å². The van der Waals surface area contributed by atoms with Gasteiger partial charge in [-0.05, 0) is 62.5 Å². The first-order chi connectivity index (χ1) is 22.3. The fourth-order valence-corrected chi connectivity index (χ4v) is 4.91. The second-order valence-corrected chi connectivity index (χ2v) is 11.2. The number of ether oxygens (including phenoxy) is 2. The molecule has 0 atom stereocenters.